The van der Waals surface area contributed by atoms with Gasteiger partial charge in [0.2, 0.25) is 5.91 Å². The number of carbonyl (C=O) groups excluding carboxylic acids is 1. The Morgan fingerprint density at radius 1 is 0.976 bits per heavy atom. The van der Waals surface area contributed by atoms with Crippen molar-refractivity contribution in [3.8, 4) is 11.1 Å². The first-order valence-corrected chi connectivity index (χ1v) is 12.6. The number of aromatic nitrogens is 1. The number of carbonyl (C=O) groups is 1. The van der Waals surface area contributed by atoms with Crippen LogP contribution in [0.3, 0.4) is 0 Å². The standard InChI is InChI=1S/C28H28ClF6N3O3/c1-15(40)22(14-39)37-24-12-20(19-7-5-6-8-21(19)29)23(13-36-24)38(4)25(41)26(2,3)16-9-17(27(30,31)32)11-18(10-16)28(33,34)35/h5-13,15,22,39-40H,14H2,1-4H3,(H,36,37). The van der Waals surface area contributed by atoms with Gasteiger partial charge in [0.15, 0.2) is 0 Å². The lowest BCUT2D eigenvalue weighted by molar-refractivity contribution is -0.143. The minimum absolute atomic E-state index is 0.00576. The van der Waals surface area contributed by atoms with Gasteiger partial charge in [-0.05, 0) is 56.7 Å². The molecule has 3 rings (SSSR count). The topological polar surface area (TPSA) is 85.7 Å². The molecule has 2 aromatic carbocycles. The molecule has 0 aliphatic heterocycles. The molecule has 41 heavy (non-hydrogen) atoms. The highest BCUT2D eigenvalue weighted by atomic mass is 35.5. The Bertz CT molecular complexity index is 1380. The normalized spacial score (nSPS) is 14.0. The quantitative estimate of drug-likeness (QED) is 0.255. The molecule has 0 saturated carbocycles. The van der Waals surface area contributed by atoms with Gasteiger partial charge in [0.1, 0.15) is 5.82 Å². The molecule has 3 N–H and O–H groups in total. The van der Waals surface area contributed by atoms with Crippen molar-refractivity contribution in [2.45, 2.75) is 50.7 Å². The van der Waals surface area contributed by atoms with E-state index in [9.17, 15) is 41.4 Å². The molecule has 2 unspecified atom stereocenters. The number of aliphatic hydroxyl groups excluding tert-OH is 2. The first-order valence-electron chi connectivity index (χ1n) is 12.3. The first-order chi connectivity index (χ1) is 18.9. The third-order valence-corrected chi connectivity index (χ3v) is 7.00. The average molecular weight is 604 g/mol. The van der Waals surface area contributed by atoms with E-state index < -0.39 is 59.1 Å². The number of halogens is 7. The van der Waals surface area contributed by atoms with Crippen molar-refractivity contribution in [2.24, 2.45) is 0 Å². The smallest absolute Gasteiger partial charge is 0.394 e. The monoisotopic (exact) mass is 603 g/mol. The molecule has 3 aromatic rings. The van der Waals surface area contributed by atoms with Crippen molar-refractivity contribution in [3.05, 3.63) is 76.4 Å². The van der Waals surface area contributed by atoms with E-state index in [4.69, 9.17) is 11.6 Å². The SMILES string of the molecule is CC(O)C(CO)Nc1cc(-c2ccccc2Cl)c(N(C)C(=O)C(C)(C)c2cc(C(F)(F)F)cc(C(F)(F)F)c2)cn1. The van der Waals surface area contributed by atoms with Crippen LogP contribution in [-0.4, -0.2) is 46.9 Å². The average Bonchev–Trinajstić information content (AvgIpc) is 2.89. The van der Waals surface area contributed by atoms with E-state index in [0.717, 1.165) is 4.90 Å². The van der Waals surface area contributed by atoms with Crippen LogP contribution in [0.1, 0.15) is 37.5 Å². The van der Waals surface area contributed by atoms with Gasteiger partial charge in [0, 0.05) is 23.2 Å². The fraction of sp³-hybridized carbons (Fsp3) is 0.357. The Labute approximate surface area is 237 Å². The molecule has 0 radical (unpaired) electrons. The van der Waals surface area contributed by atoms with Crippen LogP contribution in [0.4, 0.5) is 37.8 Å². The van der Waals surface area contributed by atoms with Gasteiger partial charge in [-0.3, -0.25) is 4.79 Å². The van der Waals surface area contributed by atoms with E-state index in [1.807, 2.05) is 0 Å². The van der Waals surface area contributed by atoms with Gasteiger partial charge >= 0.3 is 12.4 Å². The molecular formula is C28H28ClF6N3O3. The maximum atomic E-state index is 13.8. The first kappa shape index (κ1) is 32.2. The lowest BCUT2D eigenvalue weighted by Crippen LogP contribution is -2.42. The van der Waals surface area contributed by atoms with Crippen LogP contribution < -0.4 is 10.2 Å². The van der Waals surface area contributed by atoms with Crippen molar-refractivity contribution < 1.29 is 41.4 Å². The summed E-state index contributed by atoms with van der Waals surface area (Å²) in [6.07, 6.45) is -9.84. The number of benzene rings is 2. The van der Waals surface area contributed by atoms with E-state index >= 15 is 0 Å². The highest BCUT2D eigenvalue weighted by molar-refractivity contribution is 6.33. The summed E-state index contributed by atoms with van der Waals surface area (Å²) in [5.41, 5.74) is -4.44. The number of aliphatic hydroxyl groups is 2. The molecule has 13 heteroatoms. The largest absolute Gasteiger partial charge is 0.416 e. The van der Waals surface area contributed by atoms with Gasteiger partial charge in [-0.25, -0.2) is 4.98 Å². The zero-order valence-electron chi connectivity index (χ0n) is 22.4. The Morgan fingerprint density at radius 3 is 2.00 bits per heavy atom. The number of nitrogens with one attached hydrogen (secondary N) is 1. The summed E-state index contributed by atoms with van der Waals surface area (Å²) in [5.74, 6) is -0.616. The molecule has 0 aliphatic carbocycles. The Balaban J connectivity index is 2.14. The molecule has 1 heterocycles. The number of anilines is 2. The maximum absolute atomic E-state index is 13.8. The maximum Gasteiger partial charge on any atom is 0.416 e. The van der Waals surface area contributed by atoms with Gasteiger partial charge in [-0.15, -0.1) is 0 Å². The summed E-state index contributed by atoms with van der Waals surface area (Å²) in [5, 5.41) is 22.6. The summed E-state index contributed by atoms with van der Waals surface area (Å²) in [4.78, 5) is 19.1. The molecule has 222 valence electrons. The van der Waals surface area contributed by atoms with Crippen molar-refractivity contribution in [1.29, 1.82) is 0 Å². The molecule has 0 aliphatic rings. The molecule has 2 atom stereocenters. The number of likely N-dealkylation sites (N-methyl/N-ethyl adjacent to an activating group) is 1. The summed E-state index contributed by atoms with van der Waals surface area (Å²) in [7, 11) is 1.32. The number of hydrogen-bond acceptors (Lipinski definition) is 5. The minimum Gasteiger partial charge on any atom is -0.394 e. The molecule has 0 bridgehead atoms. The van der Waals surface area contributed by atoms with Crippen LogP contribution in [0.5, 0.6) is 0 Å². The third kappa shape index (κ3) is 7.11. The van der Waals surface area contributed by atoms with Gasteiger partial charge in [0.25, 0.3) is 0 Å². The lowest BCUT2D eigenvalue weighted by atomic mass is 9.81. The highest BCUT2D eigenvalue weighted by Crippen LogP contribution is 2.41. The summed E-state index contributed by atoms with van der Waals surface area (Å²) in [6, 6.07) is 8.38. The second-order valence-electron chi connectivity index (χ2n) is 10.0. The number of alkyl halides is 6. The number of hydrogen-bond donors (Lipinski definition) is 3. The lowest BCUT2D eigenvalue weighted by Gasteiger charge is -2.32. The van der Waals surface area contributed by atoms with Crippen molar-refractivity contribution >= 4 is 29.0 Å². The van der Waals surface area contributed by atoms with Crippen LogP contribution >= 0.6 is 11.6 Å². The minimum atomic E-state index is -5.08. The molecule has 0 fully saturated rings. The number of nitrogens with zero attached hydrogens (tertiary/aromatic N) is 2. The molecule has 1 amide bonds. The van der Waals surface area contributed by atoms with Gasteiger partial charge in [-0.1, -0.05) is 29.8 Å². The fourth-order valence-corrected chi connectivity index (χ4v) is 4.40. The zero-order chi connectivity index (χ0) is 30.9. The fourth-order valence-electron chi connectivity index (χ4n) is 4.17. The van der Waals surface area contributed by atoms with Crippen LogP contribution in [-0.2, 0) is 22.6 Å². The highest BCUT2D eigenvalue weighted by Gasteiger charge is 2.41. The number of rotatable bonds is 8. The van der Waals surface area contributed by atoms with Crippen molar-refractivity contribution in [2.75, 3.05) is 23.9 Å². The molecule has 6 nitrogen and oxygen atoms in total. The summed E-state index contributed by atoms with van der Waals surface area (Å²) in [6.45, 7) is 3.50. The Kier molecular flexibility index (Phi) is 9.31. The number of amides is 1. The van der Waals surface area contributed by atoms with Crippen LogP contribution in [0.25, 0.3) is 11.1 Å². The second kappa shape index (κ2) is 11.9. The van der Waals surface area contributed by atoms with Crippen LogP contribution in [0.2, 0.25) is 5.02 Å². The van der Waals surface area contributed by atoms with Gasteiger partial charge < -0.3 is 20.4 Å². The predicted octanol–water partition coefficient (Wildman–Crippen LogP) is 6.53. The van der Waals surface area contributed by atoms with E-state index in [1.54, 1.807) is 24.3 Å². The van der Waals surface area contributed by atoms with Crippen LogP contribution in [0.15, 0.2) is 54.7 Å². The van der Waals surface area contributed by atoms with Crippen LogP contribution in [0, 0.1) is 0 Å². The van der Waals surface area contributed by atoms with E-state index in [0.29, 0.717) is 23.3 Å². The van der Waals surface area contributed by atoms with E-state index in [2.05, 4.69) is 10.3 Å². The summed E-state index contributed by atoms with van der Waals surface area (Å²) < 4.78 is 81.1. The third-order valence-electron chi connectivity index (χ3n) is 6.67. The molecule has 0 saturated heterocycles. The summed E-state index contributed by atoms with van der Waals surface area (Å²) >= 11 is 6.42. The zero-order valence-corrected chi connectivity index (χ0v) is 23.2. The molecule has 1 aromatic heterocycles. The van der Waals surface area contributed by atoms with E-state index in [-0.39, 0.29) is 22.6 Å². The molecule has 0 spiro atoms. The second-order valence-corrected chi connectivity index (χ2v) is 10.4. The Hall–Kier alpha value is -3.35. The predicted molar refractivity (Wildman–Crippen MR) is 144 cm³/mol. The molecular weight excluding hydrogens is 576 g/mol. The van der Waals surface area contributed by atoms with Gasteiger partial charge in [0.05, 0.1) is 47.2 Å². The van der Waals surface area contributed by atoms with Crippen molar-refractivity contribution in [1.82, 2.24) is 4.98 Å². The van der Waals surface area contributed by atoms with E-state index in [1.165, 1.54) is 40.1 Å². The van der Waals surface area contributed by atoms with Crippen molar-refractivity contribution in [3.63, 3.8) is 0 Å². The number of pyridine rings is 1. The Morgan fingerprint density at radius 2 is 1.51 bits per heavy atom. The van der Waals surface area contributed by atoms with Gasteiger partial charge in [-0.2, -0.15) is 26.3 Å².